The van der Waals surface area contributed by atoms with Crippen LogP contribution in [0.2, 0.25) is 0 Å². The Labute approximate surface area is 127 Å². The van der Waals surface area contributed by atoms with Crippen molar-refractivity contribution in [2.45, 2.75) is 11.9 Å². The van der Waals surface area contributed by atoms with E-state index >= 15 is 0 Å². The van der Waals surface area contributed by atoms with E-state index in [2.05, 4.69) is 10.3 Å². The molecule has 1 aliphatic carbocycles. The third kappa shape index (κ3) is 3.26. The fourth-order valence-electron chi connectivity index (χ4n) is 2.24. The Morgan fingerprint density at radius 3 is 2.90 bits per heavy atom. The molecule has 1 aromatic heterocycles. The van der Waals surface area contributed by atoms with Gasteiger partial charge in [0.15, 0.2) is 0 Å². The molecule has 0 bridgehead atoms. The third-order valence-corrected chi connectivity index (χ3v) is 3.59. The molecule has 0 radical (unpaired) electrons. The molecule has 1 atom stereocenters. The van der Waals surface area contributed by atoms with Gasteiger partial charge in [0.25, 0.3) is 5.91 Å². The Morgan fingerprint density at radius 2 is 2.10 bits per heavy atom. The lowest BCUT2D eigenvalue weighted by Gasteiger charge is -2.03. The minimum atomic E-state index is -0.165. The maximum Gasteiger partial charge on any atom is 0.267 e. The monoisotopic (exact) mass is 298 g/mol. The number of hydrogen-bond acceptors (Lipinski definition) is 1. The number of aromatic amines is 1. The standard InChI is InChI=1S/C17H15ClN2O/c18-14-8-4-7-13-9-16(20-15(13)10-14)17(21)19-11-12-5-2-1-3-6-12/h1-10,14,20H,11H2,(H,19,21). The lowest BCUT2D eigenvalue weighted by atomic mass is 10.2. The van der Waals surface area contributed by atoms with Crippen molar-refractivity contribution in [1.29, 1.82) is 0 Å². The van der Waals surface area contributed by atoms with Gasteiger partial charge in [-0.05, 0) is 22.9 Å². The second kappa shape index (κ2) is 6.02. The van der Waals surface area contributed by atoms with Gasteiger partial charge in [0.1, 0.15) is 5.69 Å². The van der Waals surface area contributed by atoms with Crippen molar-refractivity contribution in [2.75, 3.05) is 0 Å². The number of halogens is 1. The molecule has 0 spiro atoms. The van der Waals surface area contributed by atoms with Crippen LogP contribution in [-0.4, -0.2) is 16.3 Å². The van der Waals surface area contributed by atoms with Gasteiger partial charge in [-0.25, -0.2) is 0 Å². The van der Waals surface area contributed by atoms with Gasteiger partial charge in [-0.3, -0.25) is 4.79 Å². The number of carbonyl (C=O) groups is 1. The molecular formula is C17H15ClN2O. The Kier molecular flexibility index (Phi) is 3.93. The van der Waals surface area contributed by atoms with E-state index in [1.165, 1.54) is 0 Å². The van der Waals surface area contributed by atoms with Crippen LogP contribution in [-0.2, 0) is 6.54 Å². The summed E-state index contributed by atoms with van der Waals surface area (Å²) in [5.74, 6) is -0.121. The number of allylic oxidation sites excluding steroid dienone is 2. The summed E-state index contributed by atoms with van der Waals surface area (Å²) < 4.78 is 0. The highest BCUT2D eigenvalue weighted by Gasteiger charge is 2.08. The zero-order chi connectivity index (χ0) is 14.7. The number of alkyl halides is 1. The molecule has 106 valence electrons. The summed E-state index contributed by atoms with van der Waals surface area (Å²) in [6, 6.07) is 11.7. The number of hydrogen-bond donors (Lipinski definition) is 2. The SMILES string of the molecule is O=C(NCc1ccccc1)c1cc2c([nH]1)=CC(Cl)C=CC=2. The molecule has 21 heavy (non-hydrogen) atoms. The summed E-state index contributed by atoms with van der Waals surface area (Å²) in [6.07, 6.45) is 7.63. The van der Waals surface area contributed by atoms with Crippen molar-refractivity contribution in [1.82, 2.24) is 10.3 Å². The number of rotatable bonds is 3. The zero-order valence-electron chi connectivity index (χ0n) is 11.3. The van der Waals surface area contributed by atoms with Crippen LogP contribution < -0.4 is 15.9 Å². The first-order valence-electron chi connectivity index (χ1n) is 6.78. The van der Waals surface area contributed by atoms with Gasteiger partial charge >= 0.3 is 0 Å². The van der Waals surface area contributed by atoms with Gasteiger partial charge in [0, 0.05) is 11.9 Å². The summed E-state index contributed by atoms with van der Waals surface area (Å²) in [4.78, 5) is 15.3. The molecule has 3 rings (SSSR count). The Bertz CT molecular complexity index is 790. The van der Waals surface area contributed by atoms with E-state index in [0.29, 0.717) is 12.2 Å². The van der Waals surface area contributed by atoms with Gasteiger partial charge in [0.05, 0.1) is 5.38 Å². The van der Waals surface area contributed by atoms with E-state index in [1.807, 2.05) is 60.7 Å². The Morgan fingerprint density at radius 1 is 1.29 bits per heavy atom. The second-order valence-corrected chi connectivity index (χ2v) is 5.39. The third-order valence-electron chi connectivity index (χ3n) is 3.32. The van der Waals surface area contributed by atoms with E-state index in [0.717, 1.165) is 16.1 Å². The molecule has 1 aliphatic rings. The second-order valence-electron chi connectivity index (χ2n) is 4.88. The number of benzene rings is 1. The molecule has 0 saturated carbocycles. The Hall–Kier alpha value is -2.26. The van der Waals surface area contributed by atoms with Crippen LogP contribution in [0, 0.1) is 0 Å². The molecule has 2 aromatic rings. The number of fused-ring (bicyclic) bond motifs is 1. The zero-order valence-corrected chi connectivity index (χ0v) is 12.1. The normalized spacial score (nSPS) is 16.3. The van der Waals surface area contributed by atoms with Crippen LogP contribution in [0.3, 0.4) is 0 Å². The number of H-pyrrole nitrogens is 1. The summed E-state index contributed by atoms with van der Waals surface area (Å²) in [5.41, 5.74) is 1.61. The molecule has 1 amide bonds. The fraction of sp³-hybridized carbons (Fsp3) is 0.118. The highest BCUT2D eigenvalue weighted by molar-refractivity contribution is 6.25. The largest absolute Gasteiger partial charge is 0.351 e. The van der Waals surface area contributed by atoms with Crippen molar-refractivity contribution in [3.05, 3.63) is 70.4 Å². The number of amides is 1. The van der Waals surface area contributed by atoms with Crippen LogP contribution in [0.1, 0.15) is 16.1 Å². The summed E-state index contributed by atoms with van der Waals surface area (Å²) in [6.45, 7) is 0.509. The van der Waals surface area contributed by atoms with Crippen molar-refractivity contribution >= 4 is 29.7 Å². The topological polar surface area (TPSA) is 44.9 Å². The molecule has 0 fully saturated rings. The molecule has 1 unspecified atom stereocenters. The molecular weight excluding hydrogens is 284 g/mol. The van der Waals surface area contributed by atoms with E-state index in [1.54, 1.807) is 0 Å². The van der Waals surface area contributed by atoms with E-state index in [9.17, 15) is 4.79 Å². The van der Waals surface area contributed by atoms with Crippen molar-refractivity contribution in [3.63, 3.8) is 0 Å². The van der Waals surface area contributed by atoms with Crippen molar-refractivity contribution in [2.24, 2.45) is 0 Å². The fourth-order valence-corrected chi connectivity index (χ4v) is 2.45. The molecule has 4 heteroatoms. The molecule has 2 N–H and O–H groups in total. The van der Waals surface area contributed by atoms with Gasteiger partial charge in [-0.1, -0.05) is 48.6 Å². The van der Waals surface area contributed by atoms with E-state index < -0.39 is 0 Å². The van der Waals surface area contributed by atoms with Gasteiger partial charge < -0.3 is 10.3 Å². The highest BCUT2D eigenvalue weighted by atomic mass is 35.5. The minimum Gasteiger partial charge on any atom is -0.351 e. The lowest BCUT2D eigenvalue weighted by molar-refractivity contribution is 0.0946. The van der Waals surface area contributed by atoms with Gasteiger partial charge in [-0.2, -0.15) is 0 Å². The van der Waals surface area contributed by atoms with Crippen LogP contribution in [0.15, 0.2) is 48.6 Å². The van der Waals surface area contributed by atoms with Gasteiger partial charge in [0.2, 0.25) is 0 Å². The number of aromatic nitrogens is 1. The molecule has 0 saturated heterocycles. The predicted octanol–water partition coefficient (Wildman–Crippen LogP) is 1.68. The van der Waals surface area contributed by atoms with Crippen LogP contribution >= 0.6 is 11.6 Å². The maximum atomic E-state index is 12.2. The molecule has 1 heterocycles. The minimum absolute atomic E-state index is 0.121. The molecule has 0 aliphatic heterocycles. The predicted molar refractivity (Wildman–Crippen MR) is 85.4 cm³/mol. The average molecular weight is 299 g/mol. The molecule has 3 nitrogen and oxygen atoms in total. The smallest absolute Gasteiger partial charge is 0.267 e. The number of nitrogens with one attached hydrogen (secondary N) is 2. The highest BCUT2D eigenvalue weighted by Crippen LogP contribution is 2.02. The molecule has 1 aromatic carbocycles. The van der Waals surface area contributed by atoms with Crippen LogP contribution in [0.5, 0.6) is 0 Å². The first-order valence-corrected chi connectivity index (χ1v) is 7.21. The first kappa shape index (κ1) is 13.7. The average Bonchev–Trinajstić information content (AvgIpc) is 2.81. The van der Waals surface area contributed by atoms with E-state index in [-0.39, 0.29) is 11.3 Å². The summed E-state index contributed by atoms with van der Waals surface area (Å²) in [7, 11) is 0. The van der Waals surface area contributed by atoms with Crippen LogP contribution in [0.25, 0.3) is 12.2 Å². The van der Waals surface area contributed by atoms with Crippen LogP contribution in [0.4, 0.5) is 0 Å². The van der Waals surface area contributed by atoms with E-state index in [4.69, 9.17) is 11.6 Å². The maximum absolute atomic E-state index is 12.2. The van der Waals surface area contributed by atoms with Crippen molar-refractivity contribution < 1.29 is 4.79 Å². The quantitative estimate of drug-likeness (QED) is 0.832. The number of carbonyl (C=O) groups excluding carboxylic acids is 1. The summed E-state index contributed by atoms with van der Waals surface area (Å²) in [5, 5.41) is 4.59. The first-order chi connectivity index (χ1) is 10.2. The summed E-state index contributed by atoms with van der Waals surface area (Å²) >= 11 is 6.10. The lowest BCUT2D eigenvalue weighted by Crippen LogP contribution is -2.24. The van der Waals surface area contributed by atoms with Gasteiger partial charge in [-0.15, -0.1) is 11.6 Å². The van der Waals surface area contributed by atoms with Crippen molar-refractivity contribution in [3.8, 4) is 0 Å². The Balaban J connectivity index is 1.78.